The molecule has 0 amide bonds. The zero-order chi connectivity index (χ0) is 16.4. The quantitative estimate of drug-likeness (QED) is 0.653. The Hall–Kier alpha value is -0.960. The van der Waals surface area contributed by atoms with Crippen LogP contribution >= 0.6 is 0 Å². The molecule has 2 fully saturated rings. The molecule has 23 heavy (non-hydrogen) atoms. The van der Waals surface area contributed by atoms with Crippen molar-refractivity contribution in [3.63, 3.8) is 0 Å². The number of nitrogens with zero attached hydrogens (tertiary/aromatic N) is 1. The summed E-state index contributed by atoms with van der Waals surface area (Å²) in [5.74, 6) is 1.26. The molecular formula is C16H26N2O5. The molecule has 1 aromatic heterocycles. The van der Waals surface area contributed by atoms with Gasteiger partial charge in [0.25, 0.3) is 0 Å². The topological polar surface area (TPSA) is 87.3 Å². The van der Waals surface area contributed by atoms with Crippen LogP contribution in [0.15, 0.2) is 16.5 Å². The summed E-state index contributed by atoms with van der Waals surface area (Å²) in [5, 5.41) is 23.2. The number of rotatable bonds is 7. The molecule has 0 aliphatic carbocycles. The Kier molecular flexibility index (Phi) is 5.35. The molecule has 0 saturated carbocycles. The molecule has 0 radical (unpaired) electrons. The molecule has 2 bridgehead atoms. The number of fused-ring (bicyclic) bond motifs is 2. The molecule has 2 aliphatic rings. The van der Waals surface area contributed by atoms with Crippen LogP contribution in [0.2, 0.25) is 0 Å². The highest BCUT2D eigenvalue weighted by atomic mass is 16.7. The molecule has 3 N–H and O–H groups in total. The van der Waals surface area contributed by atoms with Gasteiger partial charge in [0.15, 0.2) is 6.29 Å². The fourth-order valence-corrected chi connectivity index (χ4v) is 3.51. The van der Waals surface area contributed by atoms with E-state index in [9.17, 15) is 5.11 Å². The van der Waals surface area contributed by atoms with E-state index in [4.69, 9.17) is 19.0 Å². The minimum Gasteiger partial charge on any atom is -0.462 e. The average Bonchev–Trinajstić information content (AvgIpc) is 3.19. The molecule has 7 nitrogen and oxygen atoms in total. The molecule has 7 heteroatoms. The van der Waals surface area contributed by atoms with Crippen LogP contribution in [0, 0.1) is 0 Å². The molecule has 2 aliphatic heterocycles. The summed E-state index contributed by atoms with van der Waals surface area (Å²) in [4.78, 5) is 2.17. The predicted molar refractivity (Wildman–Crippen MR) is 82.6 cm³/mol. The van der Waals surface area contributed by atoms with Crippen molar-refractivity contribution in [2.75, 3.05) is 19.7 Å². The van der Waals surface area contributed by atoms with Crippen LogP contribution in [-0.2, 0) is 22.6 Å². The Morgan fingerprint density at radius 1 is 1.26 bits per heavy atom. The predicted octanol–water partition coefficient (Wildman–Crippen LogP) is 0.0565. The number of aliphatic hydroxyl groups excluding tert-OH is 2. The van der Waals surface area contributed by atoms with Crippen LogP contribution in [0.1, 0.15) is 25.4 Å². The molecule has 0 aromatic carbocycles. The van der Waals surface area contributed by atoms with Gasteiger partial charge in [-0.15, -0.1) is 0 Å². The van der Waals surface area contributed by atoms with Gasteiger partial charge in [-0.1, -0.05) is 13.8 Å². The Bertz CT molecular complexity index is 502. The number of ether oxygens (including phenoxy) is 2. The summed E-state index contributed by atoms with van der Waals surface area (Å²) in [6.07, 6.45) is -1.10. The number of aliphatic hydroxyl groups is 2. The van der Waals surface area contributed by atoms with E-state index in [0.717, 1.165) is 18.8 Å². The zero-order valence-electron chi connectivity index (χ0n) is 13.6. The molecule has 130 valence electrons. The van der Waals surface area contributed by atoms with Gasteiger partial charge in [-0.3, -0.25) is 4.90 Å². The summed E-state index contributed by atoms with van der Waals surface area (Å²) >= 11 is 0. The van der Waals surface area contributed by atoms with Crippen LogP contribution in [0.3, 0.4) is 0 Å². The number of hydrogen-bond donors (Lipinski definition) is 3. The van der Waals surface area contributed by atoms with Gasteiger partial charge in [-0.25, -0.2) is 0 Å². The van der Waals surface area contributed by atoms with Crippen molar-refractivity contribution in [3.05, 3.63) is 23.7 Å². The first-order valence-corrected chi connectivity index (χ1v) is 8.28. The van der Waals surface area contributed by atoms with Crippen LogP contribution < -0.4 is 5.32 Å². The molecule has 0 unspecified atom stereocenters. The van der Waals surface area contributed by atoms with Gasteiger partial charge in [0.2, 0.25) is 0 Å². The van der Waals surface area contributed by atoms with Crippen LogP contribution in [0.25, 0.3) is 0 Å². The van der Waals surface area contributed by atoms with E-state index in [1.54, 1.807) is 6.07 Å². The van der Waals surface area contributed by atoms with Gasteiger partial charge in [0, 0.05) is 0 Å². The highest BCUT2D eigenvalue weighted by Gasteiger charge is 2.51. The standard InChI is InChI=1S/C16H26N2O5/c1-3-18(4-2)14-15(20)13(12-9-21-16(14)23-12)17-7-10-5-6-11(8-19)22-10/h5-6,12-17,19-20H,3-4,7-9H2,1-2H3/t12-,13+,14-,15-,16+/m0/s1. The molecule has 0 spiro atoms. The fraction of sp³-hybridized carbons (Fsp3) is 0.750. The van der Waals surface area contributed by atoms with Gasteiger partial charge in [0.05, 0.1) is 31.3 Å². The Balaban J connectivity index is 1.67. The monoisotopic (exact) mass is 326 g/mol. The minimum absolute atomic E-state index is 0.114. The lowest BCUT2D eigenvalue weighted by Crippen LogP contribution is -2.64. The fourth-order valence-electron chi connectivity index (χ4n) is 3.51. The zero-order valence-corrected chi connectivity index (χ0v) is 13.6. The maximum atomic E-state index is 10.8. The normalized spacial score (nSPS) is 33.5. The van der Waals surface area contributed by atoms with Crippen molar-refractivity contribution < 1.29 is 24.1 Å². The lowest BCUT2D eigenvalue weighted by Gasteiger charge is -2.43. The summed E-state index contributed by atoms with van der Waals surface area (Å²) in [6.45, 7) is 6.64. The van der Waals surface area contributed by atoms with E-state index in [-0.39, 0.29) is 31.1 Å². The molecule has 5 atom stereocenters. The van der Waals surface area contributed by atoms with Crippen LogP contribution in [0.5, 0.6) is 0 Å². The van der Waals surface area contributed by atoms with Crippen molar-refractivity contribution in [1.82, 2.24) is 10.2 Å². The summed E-state index contributed by atoms with van der Waals surface area (Å²) < 4.78 is 17.1. The first-order chi connectivity index (χ1) is 11.2. The third-order valence-corrected chi connectivity index (χ3v) is 4.75. The number of nitrogens with one attached hydrogen (secondary N) is 1. The molecule has 3 heterocycles. The van der Waals surface area contributed by atoms with Crippen molar-refractivity contribution in [3.8, 4) is 0 Å². The van der Waals surface area contributed by atoms with E-state index >= 15 is 0 Å². The number of furan rings is 1. The van der Waals surface area contributed by atoms with Crippen molar-refractivity contribution in [1.29, 1.82) is 0 Å². The smallest absolute Gasteiger partial charge is 0.176 e. The summed E-state index contributed by atoms with van der Waals surface area (Å²) in [6, 6.07) is 3.18. The van der Waals surface area contributed by atoms with E-state index in [1.807, 2.05) is 6.07 Å². The maximum absolute atomic E-state index is 10.8. The SMILES string of the molecule is CCN(CC)[C@@H]1[C@@H]2OC[C@H](O2)[C@@H](NCc2ccc(CO)o2)[C@@H]1O. The third-order valence-electron chi connectivity index (χ3n) is 4.75. The summed E-state index contributed by atoms with van der Waals surface area (Å²) in [5.41, 5.74) is 0. The van der Waals surface area contributed by atoms with Gasteiger partial charge >= 0.3 is 0 Å². The van der Waals surface area contributed by atoms with Gasteiger partial charge in [-0.05, 0) is 25.2 Å². The van der Waals surface area contributed by atoms with Crippen LogP contribution in [-0.4, -0.2) is 65.4 Å². The molecular weight excluding hydrogens is 300 g/mol. The van der Waals surface area contributed by atoms with Gasteiger partial charge in [-0.2, -0.15) is 0 Å². The van der Waals surface area contributed by atoms with Crippen molar-refractivity contribution in [2.45, 2.75) is 57.6 Å². The molecule has 3 rings (SSSR count). The third kappa shape index (κ3) is 3.31. The molecule has 2 saturated heterocycles. The maximum Gasteiger partial charge on any atom is 0.176 e. The van der Waals surface area contributed by atoms with E-state index in [0.29, 0.717) is 18.9 Å². The van der Waals surface area contributed by atoms with Crippen molar-refractivity contribution >= 4 is 0 Å². The van der Waals surface area contributed by atoms with Gasteiger partial charge in [0.1, 0.15) is 24.2 Å². The lowest BCUT2D eigenvalue weighted by atomic mass is 9.94. The second-order valence-electron chi connectivity index (χ2n) is 6.01. The first kappa shape index (κ1) is 16.9. The Labute approximate surface area is 136 Å². The van der Waals surface area contributed by atoms with E-state index < -0.39 is 6.10 Å². The summed E-state index contributed by atoms with van der Waals surface area (Å²) in [7, 11) is 0. The highest BCUT2D eigenvalue weighted by Crippen LogP contribution is 2.31. The minimum atomic E-state index is -0.576. The Morgan fingerprint density at radius 3 is 2.65 bits per heavy atom. The highest BCUT2D eigenvalue weighted by molar-refractivity contribution is 5.07. The average molecular weight is 326 g/mol. The van der Waals surface area contributed by atoms with E-state index in [1.165, 1.54) is 0 Å². The van der Waals surface area contributed by atoms with Crippen molar-refractivity contribution in [2.24, 2.45) is 0 Å². The second-order valence-corrected chi connectivity index (χ2v) is 6.01. The second kappa shape index (κ2) is 7.29. The first-order valence-electron chi connectivity index (χ1n) is 8.28. The van der Waals surface area contributed by atoms with Gasteiger partial charge < -0.3 is 29.4 Å². The number of likely N-dealkylation sites (N-methyl/N-ethyl adjacent to an activating group) is 1. The largest absolute Gasteiger partial charge is 0.462 e. The van der Waals surface area contributed by atoms with E-state index in [2.05, 4.69) is 24.1 Å². The Morgan fingerprint density at radius 2 is 2.00 bits per heavy atom. The lowest BCUT2D eigenvalue weighted by molar-refractivity contribution is -0.181. The van der Waals surface area contributed by atoms with Crippen LogP contribution in [0.4, 0.5) is 0 Å². The number of hydrogen-bond acceptors (Lipinski definition) is 7. The molecule has 1 aromatic rings.